The van der Waals surface area contributed by atoms with Gasteiger partial charge < -0.3 is 9.47 Å². The number of nitrogens with zero attached hydrogens (tertiary/aromatic N) is 1. The Balaban J connectivity index is 1.71. The molecule has 2 bridgehead atoms. The molecule has 1 spiro atoms. The van der Waals surface area contributed by atoms with E-state index in [1.165, 1.54) is 21.6 Å². The maximum Gasteiger partial charge on any atom is 0.231 e. The van der Waals surface area contributed by atoms with Crippen LogP contribution in [0.2, 0.25) is 0 Å². The van der Waals surface area contributed by atoms with Crippen LogP contribution in [0, 0.1) is 28.6 Å². The fourth-order valence-corrected chi connectivity index (χ4v) is 9.44. The van der Waals surface area contributed by atoms with Crippen molar-refractivity contribution in [1.29, 1.82) is 5.26 Å². The minimum absolute atomic E-state index is 0.111. The second kappa shape index (κ2) is 5.24. The summed E-state index contributed by atoms with van der Waals surface area (Å²) in [5.41, 5.74) is 0.0766. The zero-order valence-electron chi connectivity index (χ0n) is 15.3. The lowest BCUT2D eigenvalue weighted by atomic mass is 9.64. The highest BCUT2D eigenvalue weighted by Gasteiger charge is 2.75. The van der Waals surface area contributed by atoms with Crippen LogP contribution in [0.5, 0.6) is 11.5 Å². The van der Waals surface area contributed by atoms with E-state index in [-0.39, 0.29) is 30.2 Å². The van der Waals surface area contributed by atoms with Gasteiger partial charge in [0.2, 0.25) is 6.79 Å². The standard InChI is InChI=1S/C20H19NO4S2/c1-10-16(22)20-7-18(2,8-21)14(15(20)17(23)19(10,3)26-27-20)11-4-5-12-13(6-11)25-9-24-12/h4-6,10,14-15H,7,9H2,1-3H3/t10?,14-,15?,18-,19+,20-/m1/s1. The largest absolute Gasteiger partial charge is 0.454 e. The molecule has 2 saturated carbocycles. The summed E-state index contributed by atoms with van der Waals surface area (Å²) in [7, 11) is 3.05. The molecule has 0 radical (unpaired) electrons. The monoisotopic (exact) mass is 401 g/mol. The molecule has 5 aliphatic rings. The van der Waals surface area contributed by atoms with Crippen molar-refractivity contribution in [2.45, 2.75) is 42.6 Å². The van der Waals surface area contributed by atoms with Gasteiger partial charge in [0.05, 0.1) is 26.9 Å². The number of rotatable bonds is 1. The molecule has 5 nitrogen and oxygen atoms in total. The van der Waals surface area contributed by atoms with Gasteiger partial charge in [0.15, 0.2) is 23.1 Å². The van der Waals surface area contributed by atoms with E-state index in [1.807, 2.05) is 39.0 Å². The van der Waals surface area contributed by atoms with Crippen molar-refractivity contribution in [1.82, 2.24) is 0 Å². The average molecular weight is 402 g/mol. The Kier molecular flexibility index (Phi) is 3.38. The molecule has 1 aromatic carbocycles. The quantitative estimate of drug-likeness (QED) is 0.664. The van der Waals surface area contributed by atoms with Crippen molar-refractivity contribution in [3.05, 3.63) is 23.8 Å². The van der Waals surface area contributed by atoms with Crippen molar-refractivity contribution < 1.29 is 19.1 Å². The van der Waals surface area contributed by atoms with Gasteiger partial charge in [-0.15, -0.1) is 0 Å². The van der Waals surface area contributed by atoms with Crippen LogP contribution in [0.1, 0.15) is 38.7 Å². The Bertz CT molecular complexity index is 942. The number of fused-ring (bicyclic) bond motifs is 3. The lowest BCUT2D eigenvalue weighted by molar-refractivity contribution is -0.141. The van der Waals surface area contributed by atoms with E-state index < -0.39 is 20.8 Å². The van der Waals surface area contributed by atoms with Gasteiger partial charge in [-0.3, -0.25) is 9.59 Å². The van der Waals surface area contributed by atoms with Gasteiger partial charge >= 0.3 is 0 Å². The van der Waals surface area contributed by atoms with E-state index in [9.17, 15) is 14.9 Å². The van der Waals surface area contributed by atoms with Gasteiger partial charge in [-0.05, 0) is 38.0 Å². The predicted octanol–water partition coefficient (Wildman–Crippen LogP) is 3.73. The molecule has 0 aromatic heterocycles. The van der Waals surface area contributed by atoms with Crippen LogP contribution in [0.3, 0.4) is 0 Å². The summed E-state index contributed by atoms with van der Waals surface area (Å²) in [4.78, 5) is 27.0. The summed E-state index contributed by atoms with van der Waals surface area (Å²) in [6, 6.07) is 8.09. The number of Topliss-reactive ketones (excluding diaryl/α,β-unsaturated/α-hetero) is 2. The van der Waals surface area contributed by atoms with E-state index in [0.29, 0.717) is 17.9 Å². The minimum atomic E-state index is -0.815. The zero-order valence-corrected chi connectivity index (χ0v) is 16.9. The molecule has 1 aromatic rings. The Labute approximate surface area is 165 Å². The second-order valence-electron chi connectivity index (χ2n) is 8.39. The normalized spacial score (nSPS) is 44.3. The Morgan fingerprint density at radius 3 is 2.59 bits per heavy atom. The number of hydrogen-bond donors (Lipinski definition) is 0. The molecule has 2 aliphatic carbocycles. The molecule has 2 unspecified atom stereocenters. The highest BCUT2D eigenvalue weighted by molar-refractivity contribution is 8.78. The van der Waals surface area contributed by atoms with Crippen LogP contribution in [-0.4, -0.2) is 27.9 Å². The summed E-state index contributed by atoms with van der Waals surface area (Å²) in [6.07, 6.45) is 0.406. The van der Waals surface area contributed by atoms with Crippen molar-refractivity contribution >= 4 is 33.2 Å². The van der Waals surface area contributed by atoms with Gasteiger partial charge in [-0.2, -0.15) is 5.26 Å². The first-order chi connectivity index (χ1) is 12.8. The van der Waals surface area contributed by atoms with Crippen LogP contribution in [0.4, 0.5) is 0 Å². The summed E-state index contributed by atoms with van der Waals surface area (Å²) >= 11 is 0. The van der Waals surface area contributed by atoms with Crippen LogP contribution < -0.4 is 9.47 Å². The van der Waals surface area contributed by atoms with Gasteiger partial charge in [0.25, 0.3) is 0 Å². The van der Waals surface area contributed by atoms with Gasteiger partial charge in [0, 0.05) is 11.8 Å². The molecule has 4 fully saturated rings. The van der Waals surface area contributed by atoms with E-state index in [4.69, 9.17) is 9.47 Å². The number of carbonyl (C=O) groups excluding carboxylic acids is 2. The number of benzene rings is 1. The topological polar surface area (TPSA) is 76.4 Å². The van der Waals surface area contributed by atoms with Gasteiger partial charge in [0.1, 0.15) is 0 Å². The molecule has 3 heterocycles. The molecule has 0 amide bonds. The third kappa shape index (κ3) is 1.93. The van der Waals surface area contributed by atoms with Crippen molar-refractivity contribution in [2.24, 2.45) is 17.3 Å². The van der Waals surface area contributed by atoms with Crippen molar-refractivity contribution in [2.75, 3.05) is 6.79 Å². The maximum absolute atomic E-state index is 13.6. The fraction of sp³-hybridized carbons (Fsp3) is 0.550. The van der Waals surface area contributed by atoms with Gasteiger partial charge in [-0.25, -0.2) is 0 Å². The average Bonchev–Trinajstić information content (AvgIpc) is 3.23. The summed E-state index contributed by atoms with van der Waals surface area (Å²) in [6.45, 7) is 5.81. The number of hydrogen-bond acceptors (Lipinski definition) is 7. The molecule has 0 N–H and O–H groups in total. The highest BCUT2D eigenvalue weighted by Crippen LogP contribution is 2.74. The van der Waals surface area contributed by atoms with E-state index in [1.54, 1.807) is 0 Å². The molecule has 7 heteroatoms. The van der Waals surface area contributed by atoms with E-state index in [0.717, 1.165) is 5.56 Å². The van der Waals surface area contributed by atoms with Crippen LogP contribution in [0.15, 0.2) is 18.2 Å². The third-order valence-corrected chi connectivity index (χ3v) is 11.0. The Morgan fingerprint density at radius 1 is 1.11 bits per heavy atom. The molecular formula is C20H19NO4S2. The first kappa shape index (κ1) is 17.4. The number of carbonyl (C=O) groups is 2. The van der Waals surface area contributed by atoms with Crippen molar-refractivity contribution in [3.63, 3.8) is 0 Å². The molecular weight excluding hydrogens is 382 g/mol. The van der Waals surface area contributed by atoms with Gasteiger partial charge in [-0.1, -0.05) is 34.6 Å². The summed E-state index contributed by atoms with van der Waals surface area (Å²) in [5.74, 6) is 0.392. The highest BCUT2D eigenvalue weighted by atomic mass is 33.1. The van der Waals surface area contributed by atoms with Crippen LogP contribution in [0.25, 0.3) is 0 Å². The second-order valence-corrected chi connectivity index (χ2v) is 11.3. The number of nitriles is 1. The lowest BCUT2D eigenvalue weighted by Gasteiger charge is -2.54. The minimum Gasteiger partial charge on any atom is -0.454 e. The third-order valence-electron chi connectivity index (χ3n) is 6.93. The molecule has 6 atom stereocenters. The fourth-order valence-electron chi connectivity index (χ4n) is 5.32. The van der Waals surface area contributed by atoms with Crippen LogP contribution in [-0.2, 0) is 9.59 Å². The SMILES string of the molecule is CC1C(=O)[C@@]23C[C@](C)(C#N)[C@H](c4ccc5c(c4)OCO5)C2C(=O)[C@@]1(C)SS3. The predicted molar refractivity (Wildman–Crippen MR) is 103 cm³/mol. The Morgan fingerprint density at radius 2 is 1.85 bits per heavy atom. The number of ether oxygens (including phenoxy) is 2. The maximum atomic E-state index is 13.6. The Hall–Kier alpha value is -1.65. The molecule has 27 heavy (non-hydrogen) atoms. The molecule has 140 valence electrons. The summed E-state index contributed by atoms with van der Waals surface area (Å²) < 4.78 is 9.37. The molecule has 3 aliphatic heterocycles. The van der Waals surface area contributed by atoms with Crippen molar-refractivity contribution in [3.8, 4) is 17.6 Å². The first-order valence-corrected chi connectivity index (χ1v) is 11.2. The molecule has 6 rings (SSSR count). The molecule has 2 saturated heterocycles. The lowest BCUT2D eigenvalue weighted by Crippen LogP contribution is -2.65. The first-order valence-electron chi connectivity index (χ1n) is 9.03. The number of ketones is 2. The summed E-state index contributed by atoms with van der Waals surface area (Å²) in [5, 5.41) is 10.1. The van der Waals surface area contributed by atoms with Crippen LogP contribution >= 0.6 is 21.6 Å². The van der Waals surface area contributed by atoms with E-state index >= 15 is 0 Å². The zero-order chi connectivity index (χ0) is 19.2. The smallest absolute Gasteiger partial charge is 0.231 e. The van der Waals surface area contributed by atoms with E-state index in [2.05, 4.69) is 6.07 Å².